The Kier molecular flexibility index (Phi) is 3.73. The molecule has 0 unspecified atom stereocenters. The maximum atomic E-state index is 5.94. The van der Waals surface area contributed by atoms with Crippen LogP contribution in [0.15, 0.2) is 28.1 Å². The number of hydrogen-bond donors (Lipinski definition) is 0. The van der Waals surface area contributed by atoms with Crippen LogP contribution in [-0.2, 0) is 0 Å². The van der Waals surface area contributed by atoms with E-state index >= 15 is 0 Å². The average Bonchev–Trinajstić information content (AvgIpc) is 3.03. The van der Waals surface area contributed by atoms with Crippen molar-refractivity contribution in [3.63, 3.8) is 0 Å². The predicted octanol–water partition coefficient (Wildman–Crippen LogP) is 5.38. The van der Waals surface area contributed by atoms with Gasteiger partial charge in [0.2, 0.25) is 0 Å². The van der Waals surface area contributed by atoms with Gasteiger partial charge in [-0.1, -0.05) is 0 Å². The minimum Gasteiger partial charge on any atom is -0.151 e. The fourth-order valence-electron chi connectivity index (χ4n) is 1.80. The van der Waals surface area contributed by atoms with E-state index in [1.165, 1.54) is 34.4 Å². The van der Waals surface area contributed by atoms with Crippen LogP contribution in [0.5, 0.6) is 0 Å². The smallest absolute Gasteiger partial charge is 0.129 e. The summed E-state index contributed by atoms with van der Waals surface area (Å²) in [5, 5.41) is 0. The minimum atomic E-state index is 0.916. The van der Waals surface area contributed by atoms with Gasteiger partial charge in [-0.05, 0) is 69.9 Å². The van der Waals surface area contributed by atoms with Crippen molar-refractivity contribution in [2.75, 3.05) is 0 Å². The zero-order valence-electron chi connectivity index (χ0n) is 10.5. The van der Waals surface area contributed by atoms with Crippen LogP contribution in [0, 0.1) is 13.8 Å². The van der Waals surface area contributed by atoms with Crippen molar-refractivity contribution >= 4 is 62.6 Å². The zero-order chi connectivity index (χ0) is 13.6. The lowest BCUT2D eigenvalue weighted by Gasteiger charge is -1.90. The molecule has 0 aromatic carbocycles. The monoisotopic (exact) mass is 364 g/mol. The van der Waals surface area contributed by atoms with E-state index in [4.69, 9.17) is 7.85 Å². The molecule has 0 aliphatic heterocycles. The van der Waals surface area contributed by atoms with E-state index in [0.29, 0.717) is 0 Å². The fraction of sp³-hybridized carbons (Fsp3) is 0.143. The van der Waals surface area contributed by atoms with Crippen molar-refractivity contribution in [1.82, 2.24) is 0 Å². The average molecular weight is 365 g/mol. The first-order valence-corrected chi connectivity index (χ1v) is 9.01. The van der Waals surface area contributed by atoms with Crippen molar-refractivity contribution in [3.05, 3.63) is 39.2 Å². The van der Waals surface area contributed by atoms with Gasteiger partial charge >= 0.3 is 0 Å². The first kappa shape index (κ1) is 13.6. The molecule has 0 N–H and O–H groups in total. The Hall–Kier alpha value is -0.355. The van der Waals surface area contributed by atoms with Gasteiger partial charge in [0.1, 0.15) is 7.85 Å². The highest BCUT2D eigenvalue weighted by molar-refractivity contribution is 9.11. The van der Waals surface area contributed by atoms with Gasteiger partial charge in [0.05, 0.1) is 3.79 Å². The third-order valence-corrected chi connectivity index (χ3v) is 7.58. The van der Waals surface area contributed by atoms with E-state index in [1.807, 2.05) is 11.3 Å². The van der Waals surface area contributed by atoms with E-state index in [0.717, 1.165) is 4.78 Å². The van der Waals surface area contributed by atoms with Gasteiger partial charge in [0.25, 0.3) is 0 Å². The first-order chi connectivity index (χ1) is 9.04. The number of aryl methyl sites for hydroxylation is 2. The molecule has 3 rings (SSSR count). The summed E-state index contributed by atoms with van der Waals surface area (Å²) in [5.74, 6) is 0. The fourth-order valence-corrected chi connectivity index (χ4v) is 5.45. The standard InChI is InChI=1S/C14H10BBrS3/c1-7-5-11(18-13(7)15)9-3-4-10(17-9)12-6-8(2)14(16)19-12/h3-6H,1-2H3. The maximum absolute atomic E-state index is 5.94. The van der Waals surface area contributed by atoms with Gasteiger partial charge in [0, 0.05) is 19.5 Å². The van der Waals surface area contributed by atoms with E-state index < -0.39 is 0 Å². The maximum Gasteiger partial charge on any atom is 0.129 e. The van der Waals surface area contributed by atoms with Crippen LogP contribution in [0.4, 0.5) is 0 Å². The van der Waals surface area contributed by atoms with Crippen LogP contribution in [0.2, 0.25) is 0 Å². The Morgan fingerprint density at radius 1 is 0.842 bits per heavy atom. The first-order valence-electron chi connectivity index (χ1n) is 5.77. The van der Waals surface area contributed by atoms with Crippen LogP contribution >= 0.6 is 49.9 Å². The van der Waals surface area contributed by atoms with E-state index in [1.54, 1.807) is 22.7 Å². The topological polar surface area (TPSA) is 0 Å². The molecule has 3 aromatic heterocycles. The number of halogens is 1. The molecular formula is C14H10BBrS3. The summed E-state index contributed by atoms with van der Waals surface area (Å²) in [6.45, 7) is 4.19. The molecule has 0 fully saturated rings. The Bertz CT molecular complexity index is 636. The van der Waals surface area contributed by atoms with Crippen LogP contribution in [0.25, 0.3) is 19.5 Å². The summed E-state index contributed by atoms with van der Waals surface area (Å²) < 4.78 is 2.13. The molecule has 0 aliphatic carbocycles. The quantitative estimate of drug-likeness (QED) is 0.535. The molecule has 0 saturated carbocycles. The summed E-state index contributed by atoms with van der Waals surface area (Å²) in [6, 6.07) is 8.79. The van der Waals surface area contributed by atoms with Crippen molar-refractivity contribution in [2.24, 2.45) is 0 Å². The SMILES string of the molecule is [B]c1sc(-c2ccc(-c3cc(C)c(Br)s3)s2)cc1C. The lowest BCUT2D eigenvalue weighted by Crippen LogP contribution is -1.96. The van der Waals surface area contributed by atoms with Gasteiger partial charge in [-0.2, -0.15) is 11.3 Å². The lowest BCUT2D eigenvalue weighted by molar-refractivity contribution is 1.53. The normalized spacial score (nSPS) is 11.1. The minimum absolute atomic E-state index is 0.916. The molecule has 0 atom stereocenters. The third kappa shape index (κ3) is 2.61. The Balaban J connectivity index is 1.99. The molecule has 2 radical (unpaired) electrons. The second-order valence-electron chi connectivity index (χ2n) is 4.39. The Morgan fingerprint density at radius 3 is 1.89 bits per heavy atom. The number of thiophene rings is 3. The highest BCUT2D eigenvalue weighted by Gasteiger charge is 2.11. The van der Waals surface area contributed by atoms with E-state index in [9.17, 15) is 0 Å². The highest BCUT2D eigenvalue weighted by Crippen LogP contribution is 2.41. The molecule has 19 heavy (non-hydrogen) atoms. The van der Waals surface area contributed by atoms with Crippen molar-refractivity contribution in [1.29, 1.82) is 0 Å². The van der Waals surface area contributed by atoms with Crippen molar-refractivity contribution in [2.45, 2.75) is 13.8 Å². The van der Waals surface area contributed by atoms with Crippen LogP contribution in [0.1, 0.15) is 11.1 Å². The summed E-state index contributed by atoms with van der Waals surface area (Å²) in [6.07, 6.45) is 0. The van der Waals surface area contributed by atoms with Crippen LogP contribution in [-0.4, -0.2) is 7.85 Å². The van der Waals surface area contributed by atoms with E-state index in [-0.39, 0.29) is 0 Å². The molecule has 3 aromatic rings. The summed E-state index contributed by atoms with van der Waals surface area (Å²) >= 11 is 8.87. The van der Waals surface area contributed by atoms with Gasteiger partial charge in [0.15, 0.2) is 0 Å². The largest absolute Gasteiger partial charge is 0.151 e. The van der Waals surface area contributed by atoms with Crippen molar-refractivity contribution < 1.29 is 0 Å². The van der Waals surface area contributed by atoms with Gasteiger partial charge in [-0.15, -0.1) is 22.7 Å². The molecule has 0 spiro atoms. The predicted molar refractivity (Wildman–Crippen MR) is 93.5 cm³/mol. The molecule has 0 nitrogen and oxygen atoms in total. The lowest BCUT2D eigenvalue weighted by atomic mass is 10.0. The molecule has 0 bridgehead atoms. The second-order valence-corrected chi connectivity index (χ2v) is 8.93. The number of rotatable bonds is 2. The molecule has 0 amide bonds. The summed E-state index contributed by atoms with van der Waals surface area (Å²) in [4.78, 5) is 5.20. The molecular weight excluding hydrogens is 355 g/mol. The summed E-state index contributed by atoms with van der Waals surface area (Å²) in [7, 11) is 5.94. The summed E-state index contributed by atoms with van der Waals surface area (Å²) in [5.41, 5.74) is 2.47. The van der Waals surface area contributed by atoms with Crippen molar-refractivity contribution in [3.8, 4) is 19.5 Å². The molecule has 3 heterocycles. The molecule has 0 saturated heterocycles. The third-order valence-electron chi connectivity index (χ3n) is 2.91. The van der Waals surface area contributed by atoms with Gasteiger partial charge in [-0.3, -0.25) is 0 Å². The Morgan fingerprint density at radius 2 is 1.42 bits per heavy atom. The highest BCUT2D eigenvalue weighted by atomic mass is 79.9. The molecule has 94 valence electrons. The van der Waals surface area contributed by atoms with Gasteiger partial charge < -0.3 is 0 Å². The van der Waals surface area contributed by atoms with E-state index in [2.05, 4.69) is 54.0 Å². The Labute approximate surface area is 134 Å². The zero-order valence-corrected chi connectivity index (χ0v) is 14.5. The van der Waals surface area contributed by atoms with Crippen LogP contribution in [0.3, 0.4) is 0 Å². The molecule has 5 heteroatoms. The second kappa shape index (κ2) is 5.21. The van der Waals surface area contributed by atoms with Gasteiger partial charge in [-0.25, -0.2) is 0 Å². The number of hydrogen-bond acceptors (Lipinski definition) is 3. The molecule has 0 aliphatic rings. The van der Waals surface area contributed by atoms with Crippen LogP contribution < -0.4 is 4.78 Å².